The Kier molecular flexibility index (Phi) is 12.0. The van der Waals surface area contributed by atoms with Crippen LogP contribution < -0.4 is 0 Å². The van der Waals surface area contributed by atoms with Crippen molar-refractivity contribution in [1.82, 2.24) is 23.3 Å². The smallest absolute Gasteiger partial charge is 0.102 e. The van der Waals surface area contributed by atoms with Gasteiger partial charge in [0.1, 0.15) is 6.07 Å². The third kappa shape index (κ3) is 8.09. The van der Waals surface area contributed by atoms with Crippen molar-refractivity contribution in [2.45, 2.75) is 13.8 Å². The van der Waals surface area contributed by atoms with E-state index in [1.807, 2.05) is 0 Å². The SMILES string of the molecule is Cc1cc(-c2c(C#N)c(-n3c4ccccc4c4cc(-c5ccccc5)ccc43)c(-n3c4ccccc4c4cc(-c5ccccc5)ccc43)c(-n3c4ccccc4c4cc(-c5ccccc5)ccc43)c2-n2c3ccccc3c3cc(-c4ccccc4)ccc32)cc(C)n1. The zero-order valence-electron chi connectivity index (χ0n) is 50.6. The van der Waals surface area contributed by atoms with Gasteiger partial charge in [-0.2, -0.15) is 5.26 Å². The number of hydrogen-bond acceptors (Lipinski definition) is 2. The van der Waals surface area contributed by atoms with E-state index in [1.165, 1.54) is 0 Å². The molecule has 0 amide bonds. The van der Waals surface area contributed by atoms with E-state index in [0.29, 0.717) is 5.56 Å². The van der Waals surface area contributed by atoms with E-state index in [0.717, 1.165) is 177 Å². The number of aromatic nitrogens is 5. The topological polar surface area (TPSA) is 56.4 Å². The minimum atomic E-state index is 0.518. The van der Waals surface area contributed by atoms with Crippen LogP contribution in [0.15, 0.2) is 303 Å². The van der Waals surface area contributed by atoms with Gasteiger partial charge in [-0.3, -0.25) is 4.98 Å². The van der Waals surface area contributed by atoms with Crippen molar-refractivity contribution < 1.29 is 0 Å². The fourth-order valence-corrected chi connectivity index (χ4v) is 15.0. The van der Waals surface area contributed by atoms with Crippen molar-refractivity contribution in [2.24, 2.45) is 0 Å². The van der Waals surface area contributed by atoms with Crippen molar-refractivity contribution in [3.05, 3.63) is 320 Å². The highest BCUT2D eigenvalue weighted by Crippen LogP contribution is 2.53. The average Bonchev–Trinajstić information content (AvgIpc) is 1.43. The van der Waals surface area contributed by atoms with Gasteiger partial charge >= 0.3 is 0 Å². The summed E-state index contributed by atoms with van der Waals surface area (Å²) in [5.74, 6) is 0. The summed E-state index contributed by atoms with van der Waals surface area (Å²) in [6, 6.07) is 113. The monoisotopic (exact) mass is 1170 g/mol. The van der Waals surface area contributed by atoms with E-state index in [9.17, 15) is 5.26 Å². The van der Waals surface area contributed by atoms with Crippen LogP contribution in [0.2, 0.25) is 0 Å². The predicted octanol–water partition coefficient (Wildman–Crippen LogP) is 22.3. The van der Waals surface area contributed by atoms with Crippen molar-refractivity contribution in [2.75, 3.05) is 0 Å². The van der Waals surface area contributed by atoms with E-state index in [1.54, 1.807) is 0 Å². The molecule has 0 radical (unpaired) electrons. The number of nitriles is 1. The molecule has 0 bridgehead atoms. The van der Waals surface area contributed by atoms with Gasteiger partial charge in [-0.05, 0) is 149 Å². The van der Waals surface area contributed by atoms with Gasteiger partial charge in [0.05, 0.1) is 72.4 Å². The molecule has 13 aromatic carbocycles. The lowest BCUT2D eigenvalue weighted by Gasteiger charge is -2.29. The standard InChI is InChI=1S/C86H56N6/c1-54-47-64(48-55(2)88-54)82-73(53-87)83(89-74-35-19-15-31-65(74)69-49-60(39-43-78(69)89)56-23-7-3-8-24-56)85(91-76-37-21-17-33-67(76)71-51-62(41-45-80(71)91)58-27-11-5-12-28-58)86(92-77-38-22-18-34-68(77)72-52-63(42-46-81(72)92)59-29-13-6-14-30-59)84(82)90-75-36-20-16-32-66(75)70-50-61(40-44-79(70)90)57-25-9-4-10-26-57/h3-52H,1-2H3. The number of pyridine rings is 1. The molecule has 5 aromatic heterocycles. The van der Waals surface area contributed by atoms with Crippen LogP contribution >= 0.6 is 0 Å². The minimum absolute atomic E-state index is 0.518. The molecule has 430 valence electrons. The van der Waals surface area contributed by atoms with Crippen LogP contribution in [0.3, 0.4) is 0 Å². The van der Waals surface area contributed by atoms with Gasteiger partial charge in [0.25, 0.3) is 0 Å². The first kappa shape index (κ1) is 52.8. The third-order valence-electron chi connectivity index (χ3n) is 18.9. The van der Waals surface area contributed by atoms with Crippen LogP contribution in [0.4, 0.5) is 0 Å². The number of nitrogens with zero attached hydrogens (tertiary/aromatic N) is 6. The molecule has 92 heavy (non-hydrogen) atoms. The van der Waals surface area contributed by atoms with Crippen molar-refractivity contribution in [1.29, 1.82) is 5.26 Å². The summed E-state index contributed by atoms with van der Waals surface area (Å²) in [5.41, 5.74) is 24.3. The Morgan fingerprint density at radius 2 is 0.500 bits per heavy atom. The van der Waals surface area contributed by atoms with Gasteiger partial charge in [-0.25, -0.2) is 0 Å². The zero-order chi connectivity index (χ0) is 61.1. The number of fused-ring (bicyclic) bond motifs is 12. The van der Waals surface area contributed by atoms with E-state index in [2.05, 4.69) is 342 Å². The summed E-state index contributed by atoms with van der Waals surface area (Å²) in [7, 11) is 0. The maximum Gasteiger partial charge on any atom is 0.102 e. The molecule has 6 nitrogen and oxygen atoms in total. The Balaban J connectivity index is 1.13. The van der Waals surface area contributed by atoms with Crippen LogP contribution in [0.1, 0.15) is 17.0 Å². The van der Waals surface area contributed by atoms with Gasteiger partial charge in [0.2, 0.25) is 0 Å². The maximum absolute atomic E-state index is 13.2. The molecule has 0 fully saturated rings. The second kappa shape index (κ2) is 20.9. The molecule has 18 rings (SSSR count). The van der Waals surface area contributed by atoms with Crippen LogP contribution in [0.5, 0.6) is 0 Å². The van der Waals surface area contributed by atoms with Crippen LogP contribution in [-0.2, 0) is 0 Å². The summed E-state index contributed by atoms with van der Waals surface area (Å²) >= 11 is 0. The van der Waals surface area contributed by atoms with Gasteiger partial charge in [-0.1, -0.05) is 218 Å². The Hall–Kier alpha value is -12.3. The number of benzene rings is 13. The maximum atomic E-state index is 13.2. The van der Waals surface area contributed by atoms with Gasteiger partial charge in [-0.15, -0.1) is 0 Å². The van der Waals surface area contributed by atoms with E-state index < -0.39 is 0 Å². The van der Waals surface area contributed by atoms with Crippen LogP contribution in [-0.4, -0.2) is 23.3 Å². The quantitative estimate of drug-likeness (QED) is 0.145. The second-order valence-electron chi connectivity index (χ2n) is 24.2. The molecular formula is C86H56N6. The Bertz CT molecular complexity index is 6060. The highest BCUT2D eigenvalue weighted by Gasteiger charge is 2.36. The van der Waals surface area contributed by atoms with Gasteiger partial charge in [0.15, 0.2) is 0 Å². The predicted molar refractivity (Wildman–Crippen MR) is 383 cm³/mol. The summed E-state index contributed by atoms with van der Waals surface area (Å²) in [4.78, 5) is 5.07. The first-order valence-corrected chi connectivity index (χ1v) is 31.4. The number of hydrogen-bond donors (Lipinski definition) is 0. The molecule has 5 heterocycles. The lowest BCUT2D eigenvalue weighted by molar-refractivity contribution is 1.02. The first-order chi connectivity index (χ1) is 45.5. The molecule has 0 aliphatic carbocycles. The summed E-state index contributed by atoms with van der Waals surface area (Å²) < 4.78 is 9.95. The largest absolute Gasteiger partial charge is 0.306 e. The fraction of sp³-hybridized carbons (Fsp3) is 0.0233. The molecule has 0 aliphatic rings. The van der Waals surface area contributed by atoms with Crippen LogP contribution in [0.25, 0.3) is 166 Å². The van der Waals surface area contributed by atoms with Gasteiger partial charge < -0.3 is 18.3 Å². The molecule has 0 aliphatic heterocycles. The Morgan fingerprint density at radius 1 is 0.239 bits per heavy atom. The van der Waals surface area contributed by atoms with Crippen molar-refractivity contribution in [3.63, 3.8) is 0 Å². The summed E-state index contributed by atoms with van der Waals surface area (Å²) in [6.45, 7) is 4.14. The Labute approximate surface area is 531 Å². The fourth-order valence-electron chi connectivity index (χ4n) is 15.0. The number of rotatable bonds is 9. The molecule has 0 spiro atoms. The molecule has 0 saturated carbocycles. The third-order valence-corrected chi connectivity index (χ3v) is 18.9. The molecule has 0 unspecified atom stereocenters. The number of para-hydroxylation sites is 4. The zero-order valence-corrected chi connectivity index (χ0v) is 50.6. The molecular weight excluding hydrogens is 1120 g/mol. The Morgan fingerprint density at radius 3 is 0.815 bits per heavy atom. The molecule has 0 saturated heterocycles. The lowest BCUT2D eigenvalue weighted by atomic mass is 9.92. The van der Waals surface area contributed by atoms with Gasteiger partial charge in [0, 0.05) is 60.0 Å². The molecule has 0 N–H and O–H groups in total. The molecule has 6 heteroatoms. The van der Waals surface area contributed by atoms with Crippen LogP contribution in [0, 0.1) is 25.2 Å². The first-order valence-electron chi connectivity index (χ1n) is 31.4. The second-order valence-corrected chi connectivity index (χ2v) is 24.2. The molecule has 0 atom stereocenters. The van der Waals surface area contributed by atoms with E-state index in [-0.39, 0.29) is 0 Å². The lowest BCUT2D eigenvalue weighted by Crippen LogP contribution is -2.17. The van der Waals surface area contributed by atoms with E-state index >= 15 is 0 Å². The van der Waals surface area contributed by atoms with Crippen molar-refractivity contribution in [3.8, 4) is 84.5 Å². The van der Waals surface area contributed by atoms with Crippen molar-refractivity contribution >= 4 is 87.2 Å². The summed E-state index contributed by atoms with van der Waals surface area (Å²) in [5, 5.41) is 21.9. The highest BCUT2D eigenvalue weighted by molar-refractivity contribution is 6.18. The number of aryl methyl sites for hydroxylation is 2. The minimum Gasteiger partial charge on any atom is -0.306 e. The average molecular weight is 1170 g/mol. The van der Waals surface area contributed by atoms with E-state index in [4.69, 9.17) is 4.98 Å². The highest BCUT2D eigenvalue weighted by atomic mass is 15.1. The molecule has 18 aromatic rings. The normalized spacial score (nSPS) is 11.8. The summed E-state index contributed by atoms with van der Waals surface area (Å²) in [6.07, 6.45) is 0.